The van der Waals surface area contributed by atoms with Crippen LogP contribution in [0.1, 0.15) is 79.6 Å². The largest absolute Gasteiger partial charge is 0.462 e. The molecule has 1 spiro atoms. The van der Waals surface area contributed by atoms with E-state index in [4.69, 9.17) is 18.9 Å². The highest BCUT2D eigenvalue weighted by Crippen LogP contribution is 2.46. The summed E-state index contributed by atoms with van der Waals surface area (Å²) < 4.78 is 25.5. The van der Waals surface area contributed by atoms with Gasteiger partial charge in [0.1, 0.15) is 29.4 Å². The average molecular weight is 556 g/mol. The summed E-state index contributed by atoms with van der Waals surface area (Å²) in [5.74, 6) is -1.60. The summed E-state index contributed by atoms with van der Waals surface area (Å²) in [5.41, 5.74) is 0.922. The van der Waals surface area contributed by atoms with E-state index in [1.165, 1.54) is 5.57 Å². The van der Waals surface area contributed by atoms with Crippen LogP contribution < -0.4 is 0 Å². The molecular formula is C32H45NO7. The first-order valence-electron chi connectivity index (χ1n) is 14.9. The predicted octanol–water partition coefficient (Wildman–Crippen LogP) is 5.39. The van der Waals surface area contributed by atoms with Gasteiger partial charge in [0.05, 0.1) is 18.8 Å². The van der Waals surface area contributed by atoms with Gasteiger partial charge in [0.15, 0.2) is 5.79 Å². The standard InChI is InChI=1S/C32H45NO7/c1-6-27-21(4)12-13-31(40-27)17-25-16-24(39-31)11-10-20(3)14-19(2)8-7-9-23-18-37-29-28(33-36)22(5)15-26(30(34)38-25)32(23,29)35/h7-10,15,19,21,24-27,29,35-36H,6,11-14,16-18H2,1-5H3/b8-7+,20-10+,23-9?,33-28+/t19-,21-,24+,25-,26-,27+,29+,31+,32+/m0/s1. The van der Waals surface area contributed by atoms with Crippen LogP contribution in [0.25, 0.3) is 0 Å². The van der Waals surface area contributed by atoms with E-state index in [0.29, 0.717) is 29.9 Å². The van der Waals surface area contributed by atoms with E-state index in [0.717, 1.165) is 32.1 Å². The maximum absolute atomic E-state index is 13.9. The number of aliphatic hydroxyl groups is 1. The monoisotopic (exact) mass is 555 g/mol. The average Bonchev–Trinajstić information content (AvgIpc) is 3.24. The molecule has 220 valence electrons. The van der Waals surface area contributed by atoms with E-state index < -0.39 is 35.5 Å². The molecule has 0 radical (unpaired) electrons. The number of esters is 1. The lowest BCUT2D eigenvalue weighted by Crippen LogP contribution is -2.57. The molecule has 2 N–H and O–H groups in total. The summed E-state index contributed by atoms with van der Waals surface area (Å²) in [4.78, 5) is 13.9. The molecule has 3 saturated heterocycles. The molecule has 0 saturated carbocycles. The van der Waals surface area contributed by atoms with Crippen molar-refractivity contribution in [3.8, 4) is 0 Å². The number of carbonyl (C=O) groups is 1. The number of allylic oxidation sites excluding steroid dienone is 4. The third-order valence-corrected chi connectivity index (χ3v) is 9.45. The topological polar surface area (TPSA) is 107 Å². The Morgan fingerprint density at radius 1 is 1.18 bits per heavy atom. The molecule has 0 aromatic heterocycles. The van der Waals surface area contributed by atoms with E-state index in [9.17, 15) is 15.1 Å². The van der Waals surface area contributed by atoms with Gasteiger partial charge < -0.3 is 29.3 Å². The first-order chi connectivity index (χ1) is 19.1. The van der Waals surface area contributed by atoms with Crippen LogP contribution in [0.3, 0.4) is 0 Å². The van der Waals surface area contributed by atoms with Gasteiger partial charge in [-0.1, -0.05) is 61.9 Å². The van der Waals surface area contributed by atoms with Gasteiger partial charge in [0.2, 0.25) is 0 Å². The van der Waals surface area contributed by atoms with Crippen LogP contribution >= 0.6 is 0 Å². The second kappa shape index (κ2) is 11.6. The molecule has 4 aliphatic heterocycles. The number of fused-ring (bicyclic) bond motifs is 2. The number of nitrogens with zero attached hydrogens (tertiary/aromatic N) is 1. The van der Waals surface area contributed by atoms with Crippen LogP contribution in [0.2, 0.25) is 0 Å². The maximum atomic E-state index is 13.9. The quantitative estimate of drug-likeness (QED) is 0.193. The van der Waals surface area contributed by atoms with Crippen molar-refractivity contribution in [3.63, 3.8) is 0 Å². The van der Waals surface area contributed by atoms with E-state index >= 15 is 0 Å². The Labute approximate surface area is 237 Å². The van der Waals surface area contributed by atoms with E-state index in [1.807, 2.05) is 12.2 Å². The zero-order valence-electron chi connectivity index (χ0n) is 24.5. The number of oxime groups is 1. The Hall–Kier alpha value is -2.26. The normalized spacial score (nSPS) is 45.6. The van der Waals surface area contributed by atoms with Gasteiger partial charge in [-0.2, -0.15) is 0 Å². The second-order valence-corrected chi connectivity index (χ2v) is 12.6. The van der Waals surface area contributed by atoms with Crippen LogP contribution in [-0.4, -0.2) is 64.4 Å². The molecule has 3 fully saturated rings. The Balaban J connectivity index is 1.53. The molecule has 5 rings (SSSR count). The van der Waals surface area contributed by atoms with Gasteiger partial charge in [0, 0.05) is 19.3 Å². The van der Waals surface area contributed by atoms with E-state index in [2.05, 4.69) is 45.0 Å². The van der Waals surface area contributed by atoms with Crippen molar-refractivity contribution in [1.82, 2.24) is 0 Å². The van der Waals surface area contributed by atoms with Crippen LogP contribution in [0.15, 0.2) is 52.3 Å². The van der Waals surface area contributed by atoms with Crippen molar-refractivity contribution in [2.24, 2.45) is 22.9 Å². The lowest BCUT2D eigenvalue weighted by atomic mass is 9.71. The molecule has 2 bridgehead atoms. The molecular weight excluding hydrogens is 510 g/mol. The van der Waals surface area contributed by atoms with Gasteiger partial charge in [-0.05, 0) is 62.5 Å². The van der Waals surface area contributed by atoms with Crippen molar-refractivity contribution in [3.05, 3.63) is 47.1 Å². The molecule has 5 aliphatic rings. The van der Waals surface area contributed by atoms with Crippen LogP contribution in [0.4, 0.5) is 0 Å². The lowest BCUT2D eigenvalue weighted by molar-refractivity contribution is -0.335. The Bertz CT molecular complexity index is 1140. The van der Waals surface area contributed by atoms with Crippen molar-refractivity contribution >= 4 is 11.7 Å². The summed E-state index contributed by atoms with van der Waals surface area (Å²) in [6.45, 7) is 10.5. The van der Waals surface area contributed by atoms with Crippen molar-refractivity contribution in [2.45, 2.75) is 115 Å². The van der Waals surface area contributed by atoms with Gasteiger partial charge in [-0.25, -0.2) is 0 Å². The zero-order valence-corrected chi connectivity index (χ0v) is 24.5. The zero-order chi connectivity index (χ0) is 28.7. The molecule has 40 heavy (non-hydrogen) atoms. The molecule has 0 aromatic rings. The SMILES string of the molecule is CC[C@H]1O[C@]2(CC[C@@H]1C)C[C@@H]1C[C@@H](C/C=C(\C)C[C@@H](C)/C=C/C=C3CO[C@@H]4/C(=N/O)C(C)=C[C@@H](C(=O)O1)[C@]34O)O2. The first kappa shape index (κ1) is 29.2. The van der Waals surface area contributed by atoms with Crippen molar-refractivity contribution < 1.29 is 34.1 Å². The summed E-state index contributed by atoms with van der Waals surface area (Å²) in [6.07, 6.45) is 13.6. The Kier molecular flexibility index (Phi) is 8.44. The molecule has 0 aromatic carbocycles. The first-order valence-corrected chi connectivity index (χ1v) is 14.9. The summed E-state index contributed by atoms with van der Waals surface area (Å²) in [6, 6.07) is 0. The van der Waals surface area contributed by atoms with Gasteiger partial charge in [0.25, 0.3) is 0 Å². The Morgan fingerprint density at radius 2 is 1.98 bits per heavy atom. The summed E-state index contributed by atoms with van der Waals surface area (Å²) >= 11 is 0. The maximum Gasteiger partial charge on any atom is 0.316 e. The van der Waals surface area contributed by atoms with Crippen molar-refractivity contribution in [1.29, 1.82) is 0 Å². The fraction of sp³-hybridized carbons (Fsp3) is 0.688. The highest BCUT2D eigenvalue weighted by atomic mass is 16.7. The van der Waals surface area contributed by atoms with Crippen LogP contribution in [-0.2, 0) is 23.7 Å². The van der Waals surface area contributed by atoms with E-state index in [-0.39, 0.29) is 30.4 Å². The number of hydrogen-bond acceptors (Lipinski definition) is 8. The predicted molar refractivity (Wildman–Crippen MR) is 151 cm³/mol. The third kappa shape index (κ3) is 5.48. The van der Waals surface area contributed by atoms with Crippen molar-refractivity contribution in [2.75, 3.05) is 6.61 Å². The molecule has 0 unspecified atom stereocenters. The minimum Gasteiger partial charge on any atom is -0.462 e. The molecule has 1 aliphatic carbocycles. The third-order valence-electron chi connectivity index (χ3n) is 9.45. The summed E-state index contributed by atoms with van der Waals surface area (Å²) in [7, 11) is 0. The number of ether oxygens (including phenoxy) is 4. The Morgan fingerprint density at radius 3 is 2.73 bits per heavy atom. The smallest absolute Gasteiger partial charge is 0.316 e. The van der Waals surface area contributed by atoms with Gasteiger partial charge in [-0.3, -0.25) is 4.79 Å². The van der Waals surface area contributed by atoms with Crippen LogP contribution in [0.5, 0.6) is 0 Å². The molecule has 8 heteroatoms. The summed E-state index contributed by atoms with van der Waals surface area (Å²) in [5, 5.41) is 25.3. The van der Waals surface area contributed by atoms with Gasteiger partial charge >= 0.3 is 5.97 Å². The fourth-order valence-corrected chi connectivity index (χ4v) is 7.22. The minimum atomic E-state index is -1.72. The molecule has 8 nitrogen and oxygen atoms in total. The second-order valence-electron chi connectivity index (χ2n) is 12.6. The number of rotatable bonds is 1. The number of hydrogen-bond donors (Lipinski definition) is 2. The number of carbonyl (C=O) groups excluding carboxylic acids is 1. The minimum absolute atomic E-state index is 0.0940. The molecule has 0 amide bonds. The van der Waals surface area contributed by atoms with Crippen LogP contribution in [0, 0.1) is 17.8 Å². The highest BCUT2D eigenvalue weighted by molar-refractivity contribution is 6.06. The van der Waals surface area contributed by atoms with E-state index in [1.54, 1.807) is 13.0 Å². The molecule has 4 heterocycles. The highest BCUT2D eigenvalue weighted by Gasteiger charge is 2.59. The fourth-order valence-electron chi connectivity index (χ4n) is 7.22. The lowest BCUT2D eigenvalue weighted by Gasteiger charge is -2.49. The van der Waals surface area contributed by atoms with Gasteiger partial charge in [-0.15, -0.1) is 0 Å². The molecule has 9 atom stereocenters.